The van der Waals surface area contributed by atoms with Gasteiger partial charge in [0.2, 0.25) is 0 Å². The molecule has 0 amide bonds. The molecule has 1 aromatic rings. The van der Waals surface area contributed by atoms with Crippen molar-refractivity contribution in [2.75, 3.05) is 12.1 Å². The number of nitrogens with two attached hydrogens (primary N) is 1. The first-order chi connectivity index (χ1) is 6.02. The fourth-order valence-corrected chi connectivity index (χ4v) is 1.11. The van der Waals surface area contributed by atoms with Crippen LogP contribution in [0.25, 0.3) is 0 Å². The summed E-state index contributed by atoms with van der Waals surface area (Å²) in [6, 6.07) is 1.30. The van der Waals surface area contributed by atoms with E-state index in [9.17, 15) is 4.79 Å². The Kier molecular flexibility index (Phi) is 2.69. The minimum atomic E-state index is -1.07. The molecule has 0 aromatic carbocycles. The van der Waals surface area contributed by atoms with E-state index in [-0.39, 0.29) is 10.6 Å². The van der Waals surface area contributed by atoms with Crippen molar-refractivity contribution in [2.24, 2.45) is 5.84 Å². The molecule has 0 aliphatic rings. The zero-order valence-corrected chi connectivity index (χ0v) is 7.62. The van der Waals surface area contributed by atoms with Gasteiger partial charge < -0.3 is 5.11 Å². The van der Waals surface area contributed by atoms with Gasteiger partial charge in [0.05, 0.1) is 10.6 Å². The summed E-state index contributed by atoms with van der Waals surface area (Å²) in [6.07, 6.45) is 1.20. The predicted octanol–water partition coefficient (Wildman–Crippen LogP) is 0.743. The molecular weight excluding hydrogens is 194 g/mol. The van der Waals surface area contributed by atoms with Crippen molar-refractivity contribution in [3.05, 3.63) is 22.8 Å². The smallest absolute Gasteiger partial charge is 0.337 e. The van der Waals surface area contributed by atoms with Crippen LogP contribution in [0.1, 0.15) is 10.4 Å². The number of hydrogen-bond donors (Lipinski definition) is 2. The van der Waals surface area contributed by atoms with E-state index in [2.05, 4.69) is 4.98 Å². The molecular formula is C7H8ClN3O2. The molecule has 0 saturated carbocycles. The van der Waals surface area contributed by atoms with Crippen LogP contribution in [0.2, 0.25) is 5.02 Å². The minimum Gasteiger partial charge on any atom is -0.478 e. The highest BCUT2D eigenvalue weighted by atomic mass is 35.5. The quantitative estimate of drug-likeness (QED) is 0.545. The third-order valence-corrected chi connectivity index (χ3v) is 1.68. The maximum Gasteiger partial charge on any atom is 0.337 e. The van der Waals surface area contributed by atoms with Gasteiger partial charge in [-0.2, -0.15) is 0 Å². The molecule has 1 heterocycles. The number of halogens is 1. The van der Waals surface area contributed by atoms with Crippen LogP contribution < -0.4 is 10.9 Å². The lowest BCUT2D eigenvalue weighted by Crippen LogP contribution is -2.26. The molecule has 0 aliphatic carbocycles. The van der Waals surface area contributed by atoms with Gasteiger partial charge in [0.15, 0.2) is 5.82 Å². The number of nitrogens with zero attached hydrogens (tertiary/aromatic N) is 2. The molecule has 0 saturated heterocycles. The first-order valence-electron chi connectivity index (χ1n) is 3.39. The van der Waals surface area contributed by atoms with Crippen molar-refractivity contribution in [2.45, 2.75) is 0 Å². The summed E-state index contributed by atoms with van der Waals surface area (Å²) in [5, 5.41) is 10.0. The van der Waals surface area contributed by atoms with Crippen LogP contribution in [0.15, 0.2) is 12.3 Å². The third kappa shape index (κ3) is 2.07. The summed E-state index contributed by atoms with van der Waals surface area (Å²) in [6.45, 7) is 0. The Balaban J connectivity index is 3.13. The SMILES string of the molecule is CN(N)c1ncc(C(=O)O)cc1Cl. The molecule has 0 unspecified atom stereocenters. The van der Waals surface area contributed by atoms with Crippen LogP contribution in [0.4, 0.5) is 5.82 Å². The van der Waals surface area contributed by atoms with Crippen LogP contribution in [0.3, 0.4) is 0 Å². The largest absolute Gasteiger partial charge is 0.478 e. The minimum absolute atomic E-state index is 0.0376. The number of hydrogen-bond acceptors (Lipinski definition) is 4. The van der Waals surface area contributed by atoms with E-state index in [1.165, 1.54) is 17.3 Å². The highest BCUT2D eigenvalue weighted by molar-refractivity contribution is 6.33. The first kappa shape index (κ1) is 9.76. The Morgan fingerprint density at radius 1 is 1.77 bits per heavy atom. The zero-order valence-electron chi connectivity index (χ0n) is 6.86. The number of anilines is 1. The van der Waals surface area contributed by atoms with E-state index in [4.69, 9.17) is 22.6 Å². The topological polar surface area (TPSA) is 79.5 Å². The lowest BCUT2D eigenvalue weighted by molar-refractivity contribution is 0.0696. The molecule has 5 nitrogen and oxygen atoms in total. The lowest BCUT2D eigenvalue weighted by Gasteiger charge is -2.11. The number of aromatic carboxylic acids is 1. The Bertz CT molecular complexity index is 341. The number of hydrazine groups is 1. The van der Waals surface area contributed by atoms with Crippen molar-refractivity contribution in [3.63, 3.8) is 0 Å². The average molecular weight is 202 g/mol. The lowest BCUT2D eigenvalue weighted by atomic mass is 10.3. The molecule has 0 radical (unpaired) electrons. The normalized spacial score (nSPS) is 9.77. The van der Waals surface area contributed by atoms with Crippen molar-refractivity contribution in [1.82, 2.24) is 4.98 Å². The summed E-state index contributed by atoms with van der Waals surface area (Å²) >= 11 is 5.72. The highest BCUT2D eigenvalue weighted by Crippen LogP contribution is 2.21. The number of carbonyl (C=O) groups is 1. The summed E-state index contributed by atoms with van der Waals surface area (Å²) in [5.41, 5.74) is 0.0376. The second kappa shape index (κ2) is 3.59. The number of carboxylic acid groups (broad SMARTS) is 1. The van der Waals surface area contributed by atoms with Gasteiger partial charge in [-0.1, -0.05) is 11.6 Å². The second-order valence-electron chi connectivity index (χ2n) is 2.45. The van der Waals surface area contributed by atoms with Crippen molar-refractivity contribution >= 4 is 23.4 Å². The Labute approximate surface area is 79.7 Å². The molecule has 0 atom stereocenters. The van der Waals surface area contributed by atoms with Crippen LogP contribution in [0.5, 0.6) is 0 Å². The molecule has 6 heteroatoms. The molecule has 0 spiro atoms. The van der Waals surface area contributed by atoms with Gasteiger partial charge in [0.25, 0.3) is 0 Å². The summed E-state index contributed by atoms with van der Waals surface area (Å²) in [4.78, 5) is 14.3. The fraction of sp³-hybridized carbons (Fsp3) is 0.143. The zero-order chi connectivity index (χ0) is 10.0. The molecule has 0 aliphatic heterocycles. The molecule has 1 aromatic heterocycles. The van der Waals surface area contributed by atoms with Gasteiger partial charge in [-0.05, 0) is 6.07 Å². The van der Waals surface area contributed by atoms with Crippen molar-refractivity contribution < 1.29 is 9.90 Å². The van der Waals surface area contributed by atoms with Crippen molar-refractivity contribution in [3.8, 4) is 0 Å². The van der Waals surface area contributed by atoms with Crippen LogP contribution >= 0.6 is 11.6 Å². The van der Waals surface area contributed by atoms with Gasteiger partial charge in [-0.15, -0.1) is 0 Å². The van der Waals surface area contributed by atoms with Gasteiger partial charge in [0.1, 0.15) is 0 Å². The standard InChI is InChI=1S/C7H8ClN3O2/c1-11(9)6-5(8)2-4(3-10-6)7(12)13/h2-3H,9H2,1H3,(H,12,13). The van der Waals surface area contributed by atoms with E-state index in [1.807, 2.05) is 0 Å². The maximum absolute atomic E-state index is 10.5. The van der Waals surface area contributed by atoms with E-state index in [0.29, 0.717) is 5.82 Å². The number of aromatic nitrogens is 1. The summed E-state index contributed by atoms with van der Waals surface area (Å²) in [7, 11) is 1.56. The van der Waals surface area contributed by atoms with Crippen LogP contribution in [-0.2, 0) is 0 Å². The van der Waals surface area contributed by atoms with Crippen LogP contribution in [-0.4, -0.2) is 23.1 Å². The number of rotatable bonds is 2. The average Bonchev–Trinajstić information content (AvgIpc) is 2.03. The third-order valence-electron chi connectivity index (χ3n) is 1.40. The van der Waals surface area contributed by atoms with Gasteiger partial charge >= 0.3 is 5.97 Å². The van der Waals surface area contributed by atoms with E-state index < -0.39 is 5.97 Å². The molecule has 13 heavy (non-hydrogen) atoms. The highest BCUT2D eigenvalue weighted by Gasteiger charge is 2.09. The van der Waals surface area contributed by atoms with E-state index in [1.54, 1.807) is 7.05 Å². The first-order valence-corrected chi connectivity index (χ1v) is 3.77. The molecule has 0 fully saturated rings. The molecule has 3 N–H and O–H groups in total. The van der Waals surface area contributed by atoms with Gasteiger partial charge in [-0.3, -0.25) is 5.01 Å². The van der Waals surface area contributed by atoms with Gasteiger partial charge in [0, 0.05) is 13.2 Å². The molecule has 70 valence electrons. The number of pyridine rings is 1. The van der Waals surface area contributed by atoms with Gasteiger partial charge in [-0.25, -0.2) is 15.6 Å². The Morgan fingerprint density at radius 3 is 2.77 bits per heavy atom. The Hall–Kier alpha value is -1.33. The van der Waals surface area contributed by atoms with E-state index >= 15 is 0 Å². The summed E-state index contributed by atoms with van der Waals surface area (Å²) < 4.78 is 0. The Morgan fingerprint density at radius 2 is 2.38 bits per heavy atom. The predicted molar refractivity (Wildman–Crippen MR) is 48.8 cm³/mol. The monoisotopic (exact) mass is 201 g/mol. The number of carboxylic acids is 1. The summed E-state index contributed by atoms with van der Waals surface area (Å²) in [5.74, 6) is 4.65. The molecule has 0 bridgehead atoms. The van der Waals surface area contributed by atoms with E-state index in [0.717, 1.165) is 0 Å². The van der Waals surface area contributed by atoms with Crippen molar-refractivity contribution in [1.29, 1.82) is 0 Å². The van der Waals surface area contributed by atoms with Crippen LogP contribution in [0, 0.1) is 0 Å². The maximum atomic E-state index is 10.5. The fourth-order valence-electron chi connectivity index (χ4n) is 0.807. The molecule has 1 rings (SSSR count). The second-order valence-corrected chi connectivity index (χ2v) is 2.85.